The van der Waals surface area contributed by atoms with Crippen LogP contribution >= 0.6 is 27.5 Å². The highest BCUT2D eigenvalue weighted by Crippen LogP contribution is 2.41. The van der Waals surface area contributed by atoms with Gasteiger partial charge in [0.25, 0.3) is 0 Å². The van der Waals surface area contributed by atoms with E-state index in [2.05, 4.69) is 30.9 Å². The van der Waals surface area contributed by atoms with E-state index < -0.39 is 6.36 Å². The van der Waals surface area contributed by atoms with E-state index in [1.807, 2.05) is 0 Å². The van der Waals surface area contributed by atoms with E-state index in [4.69, 9.17) is 11.6 Å². The lowest BCUT2D eigenvalue weighted by atomic mass is 10.3. The molecule has 21 heavy (non-hydrogen) atoms. The highest BCUT2D eigenvalue weighted by atomic mass is 79.9. The molecule has 0 N–H and O–H groups in total. The van der Waals surface area contributed by atoms with Gasteiger partial charge in [-0.05, 0) is 58.6 Å². The summed E-state index contributed by atoms with van der Waals surface area (Å²) < 4.78 is 42.4. The third-order valence-electron chi connectivity index (χ3n) is 2.99. The third-order valence-corrected chi connectivity index (χ3v) is 3.85. The van der Waals surface area contributed by atoms with Gasteiger partial charge in [-0.15, -0.1) is 23.4 Å². The number of hydrogen-bond acceptors (Lipinski definition) is 3. The van der Waals surface area contributed by atoms with Gasteiger partial charge in [-0.3, -0.25) is 4.57 Å². The van der Waals surface area contributed by atoms with Crippen LogP contribution in [0.5, 0.6) is 5.75 Å². The van der Waals surface area contributed by atoms with Crippen LogP contribution in [0.3, 0.4) is 0 Å². The summed E-state index contributed by atoms with van der Waals surface area (Å²) in [6.07, 6.45) is -2.73. The van der Waals surface area contributed by atoms with Crippen LogP contribution in [-0.4, -0.2) is 21.1 Å². The maximum atomic E-state index is 12.2. The average Bonchev–Trinajstić information content (AvgIpc) is 3.14. The molecule has 0 bridgehead atoms. The molecule has 9 heteroatoms. The van der Waals surface area contributed by atoms with E-state index in [0.29, 0.717) is 11.6 Å². The molecular formula is C12H8BrClF3N3O. The Kier molecular flexibility index (Phi) is 3.61. The Morgan fingerprint density at radius 2 is 2.00 bits per heavy atom. The van der Waals surface area contributed by atoms with Crippen molar-refractivity contribution < 1.29 is 17.9 Å². The fourth-order valence-electron chi connectivity index (χ4n) is 1.96. The number of rotatable bonds is 3. The van der Waals surface area contributed by atoms with Crippen LogP contribution < -0.4 is 4.74 Å². The number of nitrogens with zero attached hydrogens (tertiary/aromatic N) is 3. The molecule has 1 fully saturated rings. The second kappa shape index (κ2) is 5.17. The summed E-state index contributed by atoms with van der Waals surface area (Å²) in [4.78, 5) is 0. The number of halogens is 5. The molecule has 1 saturated carbocycles. The third kappa shape index (κ3) is 3.16. The van der Waals surface area contributed by atoms with Gasteiger partial charge in [-0.1, -0.05) is 0 Å². The standard InChI is InChI=1S/C12H8BrClF3N3O/c13-8-5-7(3-4-9(8)21-12(15,16)17)20-10(6-1-2-6)18-19-11(20)14/h3-6H,1-2H2. The average molecular weight is 383 g/mol. The zero-order valence-electron chi connectivity index (χ0n) is 10.4. The van der Waals surface area contributed by atoms with E-state index in [1.165, 1.54) is 18.2 Å². The second-order valence-electron chi connectivity index (χ2n) is 4.60. The zero-order chi connectivity index (χ0) is 15.2. The molecule has 0 amide bonds. The van der Waals surface area contributed by atoms with Crippen molar-refractivity contribution in [2.24, 2.45) is 0 Å². The van der Waals surface area contributed by atoms with E-state index >= 15 is 0 Å². The maximum absolute atomic E-state index is 12.2. The summed E-state index contributed by atoms with van der Waals surface area (Å²) in [7, 11) is 0. The van der Waals surface area contributed by atoms with Crippen LogP contribution in [0.15, 0.2) is 22.7 Å². The molecule has 0 spiro atoms. The predicted octanol–water partition coefficient (Wildman–Crippen LogP) is 4.46. The van der Waals surface area contributed by atoms with Gasteiger partial charge in [-0.2, -0.15) is 0 Å². The monoisotopic (exact) mass is 381 g/mol. The van der Waals surface area contributed by atoms with Crippen molar-refractivity contribution in [3.63, 3.8) is 0 Å². The molecule has 0 aliphatic heterocycles. The van der Waals surface area contributed by atoms with Crippen LogP contribution in [-0.2, 0) is 0 Å². The van der Waals surface area contributed by atoms with E-state index in [-0.39, 0.29) is 15.5 Å². The normalized spacial score (nSPS) is 15.3. The Morgan fingerprint density at radius 1 is 1.29 bits per heavy atom. The molecule has 1 aliphatic carbocycles. The van der Waals surface area contributed by atoms with Gasteiger partial charge in [-0.25, -0.2) is 0 Å². The van der Waals surface area contributed by atoms with Crippen LogP contribution in [0.1, 0.15) is 24.6 Å². The maximum Gasteiger partial charge on any atom is 0.573 e. The number of hydrogen-bond donors (Lipinski definition) is 0. The summed E-state index contributed by atoms with van der Waals surface area (Å²) in [5.41, 5.74) is 0.577. The van der Waals surface area contributed by atoms with Crippen molar-refractivity contribution in [2.75, 3.05) is 0 Å². The first kappa shape index (κ1) is 14.6. The van der Waals surface area contributed by atoms with Crippen molar-refractivity contribution >= 4 is 27.5 Å². The summed E-state index contributed by atoms with van der Waals surface area (Å²) in [6.45, 7) is 0. The fourth-order valence-corrected chi connectivity index (χ4v) is 2.63. The molecule has 1 aliphatic rings. The first-order valence-electron chi connectivity index (χ1n) is 6.01. The lowest BCUT2D eigenvalue weighted by Gasteiger charge is -2.13. The van der Waals surface area contributed by atoms with Crippen molar-refractivity contribution in [3.8, 4) is 11.4 Å². The SMILES string of the molecule is FC(F)(F)Oc1ccc(-n2c(Cl)nnc2C2CC2)cc1Br. The summed E-state index contributed by atoms with van der Waals surface area (Å²) in [5.74, 6) is 0.703. The number of aromatic nitrogens is 3. The van der Waals surface area contributed by atoms with Gasteiger partial charge in [0, 0.05) is 5.92 Å². The Bertz CT molecular complexity index is 685. The lowest BCUT2D eigenvalue weighted by Crippen LogP contribution is -2.17. The van der Waals surface area contributed by atoms with Gasteiger partial charge in [0.05, 0.1) is 10.2 Å². The molecule has 1 aromatic carbocycles. The molecule has 1 heterocycles. The Balaban J connectivity index is 1.97. The molecule has 0 atom stereocenters. The van der Waals surface area contributed by atoms with Crippen molar-refractivity contribution in [3.05, 3.63) is 33.8 Å². The van der Waals surface area contributed by atoms with Crippen LogP contribution in [0, 0.1) is 0 Å². The second-order valence-corrected chi connectivity index (χ2v) is 5.79. The molecule has 4 nitrogen and oxygen atoms in total. The molecule has 112 valence electrons. The minimum absolute atomic E-state index is 0.170. The topological polar surface area (TPSA) is 39.9 Å². The first-order chi connectivity index (χ1) is 9.85. The van der Waals surface area contributed by atoms with Gasteiger partial charge in [0.1, 0.15) is 11.6 Å². The van der Waals surface area contributed by atoms with Gasteiger partial charge < -0.3 is 4.74 Å². The zero-order valence-corrected chi connectivity index (χ0v) is 12.7. The highest BCUT2D eigenvalue weighted by Gasteiger charge is 2.33. The van der Waals surface area contributed by atoms with E-state index in [1.54, 1.807) is 4.57 Å². The van der Waals surface area contributed by atoms with Crippen molar-refractivity contribution in [1.29, 1.82) is 0 Å². The predicted molar refractivity (Wildman–Crippen MR) is 72.7 cm³/mol. The van der Waals surface area contributed by atoms with Gasteiger partial charge in [0.2, 0.25) is 5.28 Å². The summed E-state index contributed by atoms with van der Waals surface area (Å²) in [6, 6.07) is 4.19. The Hall–Kier alpha value is -1.28. The van der Waals surface area contributed by atoms with Crippen LogP contribution in [0.4, 0.5) is 13.2 Å². The Labute approximate surface area is 131 Å². The summed E-state index contributed by atoms with van der Waals surface area (Å²) in [5, 5.41) is 8.01. The molecular weight excluding hydrogens is 375 g/mol. The van der Waals surface area contributed by atoms with Crippen molar-refractivity contribution in [1.82, 2.24) is 14.8 Å². The molecule has 2 aromatic rings. The van der Waals surface area contributed by atoms with E-state index in [0.717, 1.165) is 18.7 Å². The van der Waals surface area contributed by atoms with Crippen LogP contribution in [0.2, 0.25) is 5.28 Å². The molecule has 0 unspecified atom stereocenters. The smallest absolute Gasteiger partial charge is 0.405 e. The minimum Gasteiger partial charge on any atom is -0.405 e. The van der Waals surface area contributed by atoms with Crippen molar-refractivity contribution in [2.45, 2.75) is 25.1 Å². The highest BCUT2D eigenvalue weighted by molar-refractivity contribution is 9.10. The number of alkyl halides is 3. The molecule has 0 radical (unpaired) electrons. The van der Waals surface area contributed by atoms with Crippen LogP contribution in [0.25, 0.3) is 5.69 Å². The fraction of sp³-hybridized carbons (Fsp3) is 0.333. The molecule has 0 saturated heterocycles. The Morgan fingerprint density at radius 3 is 2.57 bits per heavy atom. The first-order valence-corrected chi connectivity index (χ1v) is 7.19. The number of benzene rings is 1. The quantitative estimate of drug-likeness (QED) is 0.787. The molecule has 1 aromatic heterocycles. The molecule has 3 rings (SSSR count). The largest absolute Gasteiger partial charge is 0.573 e. The van der Waals surface area contributed by atoms with Gasteiger partial charge >= 0.3 is 6.36 Å². The minimum atomic E-state index is -4.74. The summed E-state index contributed by atoms with van der Waals surface area (Å²) >= 11 is 9.08. The lowest BCUT2D eigenvalue weighted by molar-refractivity contribution is -0.274. The van der Waals surface area contributed by atoms with E-state index in [9.17, 15) is 13.2 Å². The number of ether oxygens (including phenoxy) is 1. The van der Waals surface area contributed by atoms with Gasteiger partial charge in [0.15, 0.2) is 0 Å².